The number of piperidine rings is 1. The average Bonchev–Trinajstić information content (AvgIpc) is 2.61. The number of aromatic carboxylic acids is 1. The Hall–Kier alpha value is -1.07. The van der Waals surface area contributed by atoms with Crippen LogP contribution in [0.4, 0.5) is 0 Å². The zero-order chi connectivity index (χ0) is 10.8. The minimum absolute atomic E-state index is 0.0785. The third kappa shape index (κ3) is 1.98. The molecule has 0 saturated carbocycles. The smallest absolute Gasteiger partial charge is 0.357 e. The average molecular weight is 230 g/mol. The normalized spacial score (nSPS) is 17.9. The largest absolute Gasteiger partial charge is 0.476 e. The lowest BCUT2D eigenvalue weighted by Crippen LogP contribution is -2.26. The Bertz CT molecular complexity index is 371. The van der Waals surface area contributed by atoms with Crippen LogP contribution in [0.15, 0.2) is 0 Å². The van der Waals surface area contributed by atoms with Crippen LogP contribution in [0.3, 0.4) is 0 Å². The summed E-state index contributed by atoms with van der Waals surface area (Å²) in [6, 6.07) is 0. The van der Waals surface area contributed by atoms with Gasteiger partial charge in [-0.2, -0.15) is 5.10 Å². The van der Waals surface area contributed by atoms with E-state index in [9.17, 15) is 4.79 Å². The summed E-state index contributed by atoms with van der Waals surface area (Å²) in [6.07, 6.45) is 1.92. The number of aromatic amines is 1. The minimum Gasteiger partial charge on any atom is -0.476 e. The molecule has 82 valence electrons. The molecule has 0 amide bonds. The maximum atomic E-state index is 10.7. The summed E-state index contributed by atoms with van der Waals surface area (Å²) in [4.78, 5) is 10.7. The van der Waals surface area contributed by atoms with Crippen LogP contribution in [0.5, 0.6) is 0 Å². The molecular weight excluding hydrogens is 218 g/mol. The maximum absolute atomic E-state index is 10.7. The topological polar surface area (TPSA) is 78.0 Å². The molecule has 0 bridgehead atoms. The lowest BCUT2D eigenvalue weighted by molar-refractivity contribution is 0.0690. The fourth-order valence-electron chi connectivity index (χ4n) is 1.86. The molecule has 0 atom stereocenters. The fourth-order valence-corrected chi connectivity index (χ4v) is 2.18. The van der Waals surface area contributed by atoms with Gasteiger partial charge in [-0.15, -0.1) is 0 Å². The number of halogens is 1. The van der Waals surface area contributed by atoms with Gasteiger partial charge in [0.05, 0.1) is 10.7 Å². The second-order valence-corrected chi connectivity index (χ2v) is 4.01. The van der Waals surface area contributed by atoms with Gasteiger partial charge < -0.3 is 10.4 Å². The molecule has 1 aliphatic heterocycles. The highest BCUT2D eigenvalue weighted by molar-refractivity contribution is 6.33. The molecule has 5 nitrogen and oxygen atoms in total. The van der Waals surface area contributed by atoms with Crippen LogP contribution in [0.25, 0.3) is 0 Å². The summed E-state index contributed by atoms with van der Waals surface area (Å²) in [7, 11) is 0. The van der Waals surface area contributed by atoms with Crippen molar-refractivity contribution in [3.8, 4) is 0 Å². The van der Waals surface area contributed by atoms with E-state index in [0.717, 1.165) is 31.6 Å². The number of carboxylic acids is 1. The molecule has 0 spiro atoms. The number of hydrogen-bond donors (Lipinski definition) is 3. The Kier molecular flexibility index (Phi) is 2.93. The highest BCUT2D eigenvalue weighted by atomic mass is 35.5. The van der Waals surface area contributed by atoms with Crippen LogP contribution >= 0.6 is 11.6 Å². The van der Waals surface area contributed by atoms with E-state index in [4.69, 9.17) is 16.7 Å². The van der Waals surface area contributed by atoms with Gasteiger partial charge in [-0.1, -0.05) is 11.6 Å². The predicted octanol–water partition coefficient (Wildman–Crippen LogP) is 1.23. The Labute approximate surface area is 91.8 Å². The second-order valence-electron chi connectivity index (χ2n) is 3.63. The number of nitrogens with zero attached hydrogens (tertiary/aromatic N) is 1. The van der Waals surface area contributed by atoms with Crippen LogP contribution in [0, 0.1) is 0 Å². The Morgan fingerprint density at radius 3 is 2.67 bits per heavy atom. The Balaban J connectivity index is 2.24. The van der Waals surface area contributed by atoms with Crippen molar-refractivity contribution in [2.24, 2.45) is 0 Å². The number of rotatable bonds is 2. The van der Waals surface area contributed by atoms with Crippen molar-refractivity contribution < 1.29 is 9.90 Å². The number of carboxylic acid groups (broad SMARTS) is 1. The number of carbonyl (C=O) groups is 1. The molecule has 15 heavy (non-hydrogen) atoms. The molecule has 3 N–H and O–H groups in total. The number of nitrogens with one attached hydrogen (secondary N) is 2. The molecule has 0 unspecified atom stereocenters. The predicted molar refractivity (Wildman–Crippen MR) is 55.4 cm³/mol. The Morgan fingerprint density at radius 2 is 2.13 bits per heavy atom. The van der Waals surface area contributed by atoms with Gasteiger partial charge in [-0.3, -0.25) is 5.10 Å². The highest BCUT2D eigenvalue weighted by Crippen LogP contribution is 2.30. The quantitative estimate of drug-likeness (QED) is 0.713. The van der Waals surface area contributed by atoms with E-state index in [1.165, 1.54) is 0 Å². The van der Waals surface area contributed by atoms with E-state index < -0.39 is 5.97 Å². The molecule has 0 aliphatic carbocycles. The molecule has 2 heterocycles. The third-order valence-corrected chi connectivity index (χ3v) is 3.07. The van der Waals surface area contributed by atoms with Crippen LogP contribution < -0.4 is 5.32 Å². The lowest BCUT2D eigenvalue weighted by atomic mass is 9.94. The molecule has 0 aromatic carbocycles. The zero-order valence-electron chi connectivity index (χ0n) is 8.09. The minimum atomic E-state index is -1.09. The number of H-pyrrole nitrogens is 1. The van der Waals surface area contributed by atoms with E-state index in [-0.39, 0.29) is 10.7 Å². The van der Waals surface area contributed by atoms with Crippen molar-refractivity contribution in [3.63, 3.8) is 0 Å². The van der Waals surface area contributed by atoms with Gasteiger partial charge in [-0.25, -0.2) is 4.79 Å². The summed E-state index contributed by atoms with van der Waals surface area (Å²) in [5, 5.41) is 18.7. The van der Waals surface area contributed by atoms with Gasteiger partial charge in [0.1, 0.15) is 0 Å². The van der Waals surface area contributed by atoms with Crippen molar-refractivity contribution >= 4 is 17.6 Å². The first-order valence-electron chi connectivity index (χ1n) is 4.88. The van der Waals surface area contributed by atoms with E-state index in [2.05, 4.69) is 15.5 Å². The monoisotopic (exact) mass is 229 g/mol. The molecule has 2 rings (SSSR count). The van der Waals surface area contributed by atoms with Crippen molar-refractivity contribution in [2.45, 2.75) is 18.8 Å². The van der Waals surface area contributed by atoms with E-state index in [1.807, 2.05) is 0 Å². The standard InChI is InChI=1S/C9H12ClN3O2/c10-6-7(5-1-3-11-4-2-5)12-13-8(6)9(14)15/h5,11H,1-4H2,(H,12,13)(H,14,15). The van der Waals surface area contributed by atoms with Gasteiger partial charge >= 0.3 is 5.97 Å². The first-order chi connectivity index (χ1) is 7.20. The van der Waals surface area contributed by atoms with Crippen LogP contribution in [0.2, 0.25) is 5.02 Å². The molecule has 1 saturated heterocycles. The first-order valence-corrected chi connectivity index (χ1v) is 5.25. The zero-order valence-corrected chi connectivity index (χ0v) is 8.84. The van der Waals surface area contributed by atoms with Crippen LogP contribution in [-0.4, -0.2) is 34.4 Å². The molecule has 1 fully saturated rings. The summed E-state index contributed by atoms with van der Waals surface area (Å²) < 4.78 is 0. The number of aromatic nitrogens is 2. The van der Waals surface area contributed by atoms with Crippen molar-refractivity contribution in [3.05, 3.63) is 16.4 Å². The van der Waals surface area contributed by atoms with Gasteiger partial charge in [0, 0.05) is 5.92 Å². The first kappa shape index (κ1) is 10.4. The van der Waals surface area contributed by atoms with Gasteiger partial charge in [-0.05, 0) is 25.9 Å². The molecule has 1 aromatic heterocycles. The van der Waals surface area contributed by atoms with Gasteiger partial charge in [0.15, 0.2) is 5.69 Å². The van der Waals surface area contributed by atoms with Crippen LogP contribution in [-0.2, 0) is 0 Å². The summed E-state index contributed by atoms with van der Waals surface area (Å²) in [5.74, 6) is -0.796. The maximum Gasteiger partial charge on any atom is 0.357 e. The SMILES string of the molecule is O=C(O)c1n[nH]c(C2CCNCC2)c1Cl. The second kappa shape index (κ2) is 4.20. The third-order valence-electron chi connectivity index (χ3n) is 2.68. The number of hydrogen-bond acceptors (Lipinski definition) is 3. The van der Waals surface area contributed by atoms with Crippen LogP contribution in [0.1, 0.15) is 34.9 Å². The summed E-state index contributed by atoms with van der Waals surface area (Å²) >= 11 is 5.96. The van der Waals surface area contributed by atoms with Gasteiger partial charge in [0.25, 0.3) is 0 Å². The summed E-state index contributed by atoms with van der Waals surface area (Å²) in [5.41, 5.74) is 0.681. The Morgan fingerprint density at radius 1 is 1.47 bits per heavy atom. The molecule has 1 aliphatic rings. The van der Waals surface area contributed by atoms with Crippen molar-refractivity contribution in [1.82, 2.24) is 15.5 Å². The molecule has 0 radical (unpaired) electrons. The van der Waals surface area contributed by atoms with Gasteiger partial charge in [0.2, 0.25) is 0 Å². The van der Waals surface area contributed by atoms with Crippen molar-refractivity contribution in [1.29, 1.82) is 0 Å². The molecule has 6 heteroatoms. The van der Waals surface area contributed by atoms with Crippen molar-refractivity contribution in [2.75, 3.05) is 13.1 Å². The van der Waals surface area contributed by atoms with E-state index >= 15 is 0 Å². The molecule has 1 aromatic rings. The fraction of sp³-hybridized carbons (Fsp3) is 0.556. The highest BCUT2D eigenvalue weighted by Gasteiger charge is 2.24. The lowest BCUT2D eigenvalue weighted by Gasteiger charge is -2.21. The van der Waals surface area contributed by atoms with E-state index in [0.29, 0.717) is 5.92 Å². The molecular formula is C9H12ClN3O2. The summed E-state index contributed by atoms with van der Waals surface area (Å²) in [6.45, 7) is 1.87. The van der Waals surface area contributed by atoms with E-state index in [1.54, 1.807) is 0 Å².